The third kappa shape index (κ3) is 6.63. The van der Waals surface area contributed by atoms with Crippen LogP contribution < -0.4 is 21.1 Å². The van der Waals surface area contributed by atoms with E-state index in [0.717, 1.165) is 19.6 Å². The van der Waals surface area contributed by atoms with Crippen molar-refractivity contribution in [3.05, 3.63) is 66.6 Å². The zero-order valence-electron chi connectivity index (χ0n) is 22.3. The summed E-state index contributed by atoms with van der Waals surface area (Å²) in [5, 5.41) is 9.81. The van der Waals surface area contributed by atoms with E-state index < -0.39 is 12.0 Å². The van der Waals surface area contributed by atoms with Gasteiger partial charge in [-0.3, -0.25) is 0 Å². The van der Waals surface area contributed by atoms with Gasteiger partial charge >= 0.3 is 12.0 Å². The first-order valence-electron chi connectivity index (χ1n) is 12.9. The maximum absolute atomic E-state index is 12.7. The van der Waals surface area contributed by atoms with Crippen LogP contribution in [0.2, 0.25) is 0 Å². The lowest BCUT2D eigenvalue weighted by Crippen LogP contribution is -2.27. The van der Waals surface area contributed by atoms with Crippen LogP contribution in [-0.2, 0) is 4.74 Å². The molecule has 2 aromatic heterocycles. The van der Waals surface area contributed by atoms with Crippen molar-refractivity contribution in [2.75, 3.05) is 49.2 Å². The summed E-state index contributed by atoms with van der Waals surface area (Å²) in [6.07, 6.45) is 2.89. The Morgan fingerprint density at radius 2 is 1.77 bits per heavy atom. The molecular weight excluding hydrogens is 498 g/mol. The number of carbonyl (C=O) groups excluding carboxylic acids is 2. The van der Waals surface area contributed by atoms with Gasteiger partial charge in [0, 0.05) is 35.7 Å². The van der Waals surface area contributed by atoms with E-state index in [-0.39, 0.29) is 12.4 Å². The molecule has 0 aliphatic heterocycles. The molecular formula is C28H33N7O4. The van der Waals surface area contributed by atoms with E-state index in [1.165, 1.54) is 10.8 Å². The molecule has 39 heavy (non-hydrogen) atoms. The second-order valence-electron chi connectivity index (χ2n) is 8.64. The van der Waals surface area contributed by atoms with Crippen molar-refractivity contribution in [2.45, 2.75) is 20.8 Å². The van der Waals surface area contributed by atoms with Gasteiger partial charge in [0.1, 0.15) is 24.2 Å². The highest BCUT2D eigenvalue weighted by molar-refractivity contribution is 6.05. The second-order valence-corrected chi connectivity index (χ2v) is 8.64. The minimum atomic E-state index is -0.488. The molecule has 204 valence electrons. The minimum Gasteiger partial charge on any atom is -0.492 e. The van der Waals surface area contributed by atoms with Crippen LogP contribution >= 0.6 is 0 Å². The first-order chi connectivity index (χ1) is 18.9. The van der Waals surface area contributed by atoms with Gasteiger partial charge in [-0.25, -0.2) is 19.1 Å². The third-order valence-electron chi connectivity index (χ3n) is 6.19. The molecule has 4 N–H and O–H groups in total. The molecule has 11 nitrogen and oxygen atoms in total. The van der Waals surface area contributed by atoms with Crippen LogP contribution in [0.4, 0.5) is 22.0 Å². The summed E-state index contributed by atoms with van der Waals surface area (Å²) in [4.78, 5) is 31.6. The lowest BCUT2D eigenvalue weighted by molar-refractivity contribution is 0.0527. The highest BCUT2D eigenvalue weighted by Gasteiger charge is 2.22. The number of esters is 1. The van der Waals surface area contributed by atoms with E-state index in [0.29, 0.717) is 45.9 Å². The van der Waals surface area contributed by atoms with E-state index in [1.807, 2.05) is 12.1 Å². The Morgan fingerprint density at radius 1 is 1.03 bits per heavy atom. The van der Waals surface area contributed by atoms with Crippen LogP contribution in [0.25, 0.3) is 16.6 Å². The van der Waals surface area contributed by atoms with Gasteiger partial charge < -0.3 is 30.7 Å². The number of benzene rings is 2. The first-order valence-corrected chi connectivity index (χ1v) is 12.9. The fourth-order valence-corrected chi connectivity index (χ4v) is 4.20. The molecule has 4 rings (SSSR count). The molecule has 0 aliphatic carbocycles. The van der Waals surface area contributed by atoms with Gasteiger partial charge in [-0.05, 0) is 49.8 Å². The fraction of sp³-hybridized carbons (Fsp3) is 0.286. The molecule has 0 unspecified atom stereocenters. The molecule has 0 radical (unpaired) electrons. The van der Waals surface area contributed by atoms with Crippen molar-refractivity contribution in [1.82, 2.24) is 19.5 Å². The number of anilines is 3. The average molecular weight is 532 g/mol. The van der Waals surface area contributed by atoms with E-state index in [1.54, 1.807) is 49.5 Å². The molecule has 0 bridgehead atoms. The number of nitrogens with zero attached hydrogens (tertiary/aromatic N) is 4. The van der Waals surface area contributed by atoms with Crippen LogP contribution in [0.5, 0.6) is 5.75 Å². The normalized spacial score (nSPS) is 11.0. The van der Waals surface area contributed by atoms with Crippen LogP contribution in [0.15, 0.2) is 61.1 Å². The number of hydrogen-bond acceptors (Lipinski definition) is 8. The third-order valence-corrected chi connectivity index (χ3v) is 6.19. The second kappa shape index (κ2) is 12.7. The Hall–Kier alpha value is -4.64. The Labute approximate surface area is 226 Å². The van der Waals surface area contributed by atoms with Crippen molar-refractivity contribution in [3.63, 3.8) is 0 Å². The summed E-state index contributed by atoms with van der Waals surface area (Å²) in [6.45, 7) is 9.55. The van der Waals surface area contributed by atoms with Crippen molar-refractivity contribution in [1.29, 1.82) is 0 Å². The van der Waals surface area contributed by atoms with Crippen molar-refractivity contribution < 1.29 is 19.1 Å². The van der Waals surface area contributed by atoms with E-state index in [4.69, 9.17) is 15.2 Å². The average Bonchev–Trinajstić information content (AvgIpc) is 3.33. The molecule has 0 atom stereocenters. The molecule has 2 heterocycles. The summed E-state index contributed by atoms with van der Waals surface area (Å²) in [7, 11) is 0. The Bertz CT molecular complexity index is 1430. The number of nitrogens with two attached hydrogens (primary N) is 1. The van der Waals surface area contributed by atoms with Crippen LogP contribution in [-0.4, -0.2) is 64.3 Å². The number of amides is 2. The Morgan fingerprint density at radius 3 is 2.49 bits per heavy atom. The van der Waals surface area contributed by atoms with Gasteiger partial charge in [0.15, 0.2) is 5.82 Å². The lowest BCUT2D eigenvalue weighted by Gasteiger charge is -2.18. The zero-order valence-corrected chi connectivity index (χ0v) is 22.3. The van der Waals surface area contributed by atoms with Gasteiger partial charge in [0.25, 0.3) is 0 Å². The largest absolute Gasteiger partial charge is 0.492 e. The quantitative estimate of drug-likeness (QED) is 0.240. The molecule has 2 amide bonds. The predicted molar refractivity (Wildman–Crippen MR) is 151 cm³/mol. The van der Waals surface area contributed by atoms with Gasteiger partial charge in [-0.1, -0.05) is 32.0 Å². The summed E-state index contributed by atoms with van der Waals surface area (Å²) >= 11 is 0. The van der Waals surface area contributed by atoms with Crippen molar-refractivity contribution in [3.8, 4) is 16.9 Å². The van der Waals surface area contributed by atoms with E-state index in [2.05, 4.69) is 39.5 Å². The number of nitrogen functional groups attached to an aromatic ring is 1. The van der Waals surface area contributed by atoms with Crippen LogP contribution in [0.1, 0.15) is 31.1 Å². The minimum absolute atomic E-state index is 0.231. The van der Waals surface area contributed by atoms with Crippen molar-refractivity contribution >= 4 is 34.7 Å². The fourth-order valence-electron chi connectivity index (χ4n) is 4.20. The van der Waals surface area contributed by atoms with Gasteiger partial charge in [0.2, 0.25) is 0 Å². The van der Waals surface area contributed by atoms with Gasteiger partial charge in [-0.15, -0.1) is 0 Å². The van der Waals surface area contributed by atoms with Gasteiger partial charge in [0.05, 0.1) is 12.2 Å². The monoisotopic (exact) mass is 531 g/mol. The lowest BCUT2D eigenvalue weighted by atomic mass is 10.0. The summed E-state index contributed by atoms with van der Waals surface area (Å²) < 4.78 is 12.6. The topological polar surface area (TPSA) is 136 Å². The molecule has 11 heteroatoms. The highest BCUT2D eigenvalue weighted by Crippen LogP contribution is 2.33. The van der Waals surface area contributed by atoms with Gasteiger partial charge in [-0.2, -0.15) is 5.10 Å². The molecule has 4 aromatic rings. The smallest absolute Gasteiger partial charge is 0.340 e. The highest BCUT2D eigenvalue weighted by atomic mass is 16.5. The molecule has 0 aliphatic rings. The van der Waals surface area contributed by atoms with Crippen LogP contribution in [0.3, 0.4) is 0 Å². The maximum atomic E-state index is 12.7. The first kappa shape index (κ1) is 27.4. The number of carbonyl (C=O) groups is 2. The number of aromatic nitrogens is 3. The Kier molecular flexibility index (Phi) is 8.95. The van der Waals surface area contributed by atoms with Crippen LogP contribution in [0, 0.1) is 0 Å². The number of likely N-dealkylation sites (N-methyl/N-ethyl adjacent to an activating group) is 1. The van der Waals surface area contributed by atoms with E-state index >= 15 is 0 Å². The zero-order chi connectivity index (χ0) is 27.8. The molecule has 2 aromatic carbocycles. The summed E-state index contributed by atoms with van der Waals surface area (Å²) in [5.74, 6) is 0.430. The number of fused-ring (bicyclic) bond motifs is 1. The number of ether oxygens (including phenoxy) is 2. The number of hydrogen-bond donors (Lipinski definition) is 3. The number of rotatable bonds is 11. The standard InChI is InChI=1S/C28H33N7O4/c1-4-34(5-2)14-15-39-22-9-7-8-21(16-22)33-28(37)32-20-12-10-19(11-13-20)24-23(27(36)38-6-3)17-35-25(24)26(29)30-18-31-35/h7-13,16-18H,4-6,14-15H2,1-3H3,(H2,29,30,31)(H2,32,33,37). The number of nitrogens with one attached hydrogen (secondary N) is 2. The molecule has 0 saturated heterocycles. The molecule has 0 saturated carbocycles. The molecule has 0 spiro atoms. The van der Waals surface area contributed by atoms with E-state index in [9.17, 15) is 9.59 Å². The number of urea groups is 1. The predicted octanol–water partition coefficient (Wildman–Crippen LogP) is 4.52. The maximum Gasteiger partial charge on any atom is 0.340 e. The molecule has 0 fully saturated rings. The summed E-state index contributed by atoms with van der Waals surface area (Å²) in [6, 6.07) is 13.9. The SMILES string of the molecule is CCOC(=O)c1cn2ncnc(N)c2c1-c1ccc(NC(=O)Nc2cccc(OCCN(CC)CC)c2)cc1. The van der Waals surface area contributed by atoms with Crippen molar-refractivity contribution in [2.24, 2.45) is 0 Å². The Balaban J connectivity index is 1.45. The summed E-state index contributed by atoms with van der Waals surface area (Å²) in [5.41, 5.74) is 9.36.